The molecular formula is C22H33FN4O3. The second-order valence-electron chi connectivity index (χ2n) is 7.58. The van der Waals surface area contributed by atoms with Crippen molar-refractivity contribution in [2.45, 2.75) is 51.6 Å². The van der Waals surface area contributed by atoms with E-state index in [0.29, 0.717) is 38.0 Å². The van der Waals surface area contributed by atoms with Gasteiger partial charge in [-0.25, -0.2) is 4.39 Å². The van der Waals surface area contributed by atoms with Gasteiger partial charge in [-0.2, -0.15) is 0 Å². The normalized spacial score (nSPS) is 22.4. The van der Waals surface area contributed by atoms with Crippen LogP contribution in [0.1, 0.15) is 38.7 Å². The number of aryl methyl sites for hydroxylation is 1. The zero-order chi connectivity index (χ0) is 21.9. The molecule has 2 atom stereocenters. The van der Waals surface area contributed by atoms with Gasteiger partial charge in [0.05, 0.1) is 6.54 Å². The van der Waals surface area contributed by atoms with Gasteiger partial charge in [0, 0.05) is 24.8 Å². The molecule has 1 aliphatic heterocycles. The second-order valence-corrected chi connectivity index (χ2v) is 7.58. The Morgan fingerprint density at radius 1 is 1.23 bits per heavy atom. The molecule has 0 spiro atoms. The summed E-state index contributed by atoms with van der Waals surface area (Å²) in [6.45, 7) is 8.98. The maximum Gasteiger partial charge on any atom is 0.242 e. The topological polar surface area (TPSA) is 91.5 Å². The van der Waals surface area contributed by atoms with Crippen molar-refractivity contribution in [3.63, 3.8) is 0 Å². The van der Waals surface area contributed by atoms with E-state index in [0.717, 1.165) is 12.0 Å². The van der Waals surface area contributed by atoms with Crippen LogP contribution in [0.4, 0.5) is 4.39 Å². The van der Waals surface area contributed by atoms with E-state index in [1.54, 1.807) is 6.07 Å². The van der Waals surface area contributed by atoms with Crippen LogP contribution in [0.3, 0.4) is 0 Å². The van der Waals surface area contributed by atoms with Gasteiger partial charge in [0.2, 0.25) is 11.8 Å². The molecule has 0 aromatic heterocycles. The second kappa shape index (κ2) is 12.2. The summed E-state index contributed by atoms with van der Waals surface area (Å²) < 4.78 is 20.1. The molecule has 0 aliphatic carbocycles. The van der Waals surface area contributed by atoms with E-state index in [1.165, 1.54) is 6.07 Å². The number of hydrogen-bond donors (Lipinski definition) is 4. The van der Waals surface area contributed by atoms with Gasteiger partial charge in [0.15, 0.2) is 11.6 Å². The lowest BCUT2D eigenvalue weighted by Crippen LogP contribution is -2.49. The minimum absolute atomic E-state index is 0.0392. The third-order valence-electron chi connectivity index (χ3n) is 4.84. The Morgan fingerprint density at radius 2 is 2.03 bits per heavy atom. The van der Waals surface area contributed by atoms with Crippen molar-refractivity contribution >= 4 is 11.8 Å². The van der Waals surface area contributed by atoms with Crippen LogP contribution in [-0.4, -0.2) is 50.1 Å². The van der Waals surface area contributed by atoms with Crippen LogP contribution in [0, 0.1) is 5.82 Å². The minimum atomic E-state index is -0.581. The molecule has 0 saturated carbocycles. The van der Waals surface area contributed by atoms with Crippen LogP contribution in [0.5, 0.6) is 5.75 Å². The van der Waals surface area contributed by atoms with E-state index < -0.39 is 11.9 Å². The third kappa shape index (κ3) is 7.67. The van der Waals surface area contributed by atoms with Crippen LogP contribution < -0.4 is 26.0 Å². The number of nitrogens with one attached hydrogen (secondary N) is 4. The average molecular weight is 421 g/mol. The Hall–Kier alpha value is -2.61. The van der Waals surface area contributed by atoms with E-state index in [-0.39, 0.29) is 36.8 Å². The number of carbonyl (C=O) groups is 2. The first kappa shape index (κ1) is 23.7. The number of hydrogen-bond acceptors (Lipinski definition) is 5. The minimum Gasteiger partial charge on any atom is -0.489 e. The summed E-state index contributed by atoms with van der Waals surface area (Å²) in [7, 11) is 0. The summed E-state index contributed by atoms with van der Waals surface area (Å²) >= 11 is 0. The van der Waals surface area contributed by atoms with Crippen LogP contribution in [0.2, 0.25) is 0 Å². The molecule has 0 bridgehead atoms. The van der Waals surface area contributed by atoms with Crippen molar-refractivity contribution in [1.29, 1.82) is 0 Å². The Balaban J connectivity index is 2.11. The molecule has 1 aromatic rings. The average Bonchev–Trinajstić information content (AvgIpc) is 2.72. The van der Waals surface area contributed by atoms with Gasteiger partial charge in [-0.15, -0.1) is 0 Å². The molecule has 1 heterocycles. The molecule has 4 N–H and O–H groups in total. The van der Waals surface area contributed by atoms with Crippen molar-refractivity contribution in [3.05, 3.63) is 41.9 Å². The fourth-order valence-electron chi connectivity index (χ4n) is 3.16. The number of halogens is 1. The zero-order valence-electron chi connectivity index (χ0n) is 17.9. The predicted octanol–water partition coefficient (Wildman–Crippen LogP) is 1.63. The number of para-hydroxylation sites is 1. The van der Waals surface area contributed by atoms with Gasteiger partial charge in [0.25, 0.3) is 0 Å². The summed E-state index contributed by atoms with van der Waals surface area (Å²) in [5, 5.41) is 11.8. The highest BCUT2D eigenvalue weighted by atomic mass is 19.1. The maximum atomic E-state index is 14.3. The highest BCUT2D eigenvalue weighted by Crippen LogP contribution is 2.24. The standard InChI is InChI=1S/C22H33FN4O3/c1-4-7-19-22(29)24-11-6-9-17-8-5-10-18(23)21(17)30-14-16(3)25-12-15(2)26-13-20(28)27-19/h5,8,10,16,19,25-26H,2,4,6-7,9,11-14H2,1,3H3,(H,24,29)(H,27,28)/t16-,19?/m0/s1. The molecule has 1 aliphatic rings. The van der Waals surface area contributed by atoms with E-state index in [2.05, 4.69) is 27.8 Å². The SMILES string of the molecule is C=C1CN[C@@H](C)COc2c(F)cccc2CCCNC(=O)C(CCC)NC(=O)CN1. The largest absolute Gasteiger partial charge is 0.489 e. The Labute approximate surface area is 177 Å². The third-order valence-corrected chi connectivity index (χ3v) is 4.84. The Kier molecular flexibility index (Phi) is 9.60. The molecule has 0 saturated heterocycles. The van der Waals surface area contributed by atoms with Crippen LogP contribution in [0.15, 0.2) is 30.5 Å². The van der Waals surface area contributed by atoms with E-state index in [4.69, 9.17) is 4.74 Å². The number of benzene rings is 1. The van der Waals surface area contributed by atoms with Crippen molar-refractivity contribution in [2.24, 2.45) is 0 Å². The Bertz CT molecular complexity index is 741. The van der Waals surface area contributed by atoms with E-state index in [9.17, 15) is 14.0 Å². The fourth-order valence-corrected chi connectivity index (χ4v) is 3.16. The number of ether oxygens (including phenoxy) is 1. The molecule has 7 nitrogen and oxygen atoms in total. The summed E-state index contributed by atoms with van der Waals surface area (Å²) in [6, 6.07) is 4.25. The zero-order valence-corrected chi connectivity index (χ0v) is 17.9. The first-order chi connectivity index (χ1) is 14.4. The molecule has 30 heavy (non-hydrogen) atoms. The molecule has 8 heteroatoms. The van der Waals surface area contributed by atoms with Gasteiger partial charge >= 0.3 is 0 Å². The van der Waals surface area contributed by atoms with Crippen molar-refractivity contribution in [2.75, 3.05) is 26.2 Å². The highest BCUT2D eigenvalue weighted by Gasteiger charge is 2.20. The molecule has 2 amide bonds. The first-order valence-electron chi connectivity index (χ1n) is 10.5. The molecule has 166 valence electrons. The number of rotatable bonds is 2. The first-order valence-corrected chi connectivity index (χ1v) is 10.5. The van der Waals surface area contributed by atoms with Crippen molar-refractivity contribution < 1.29 is 18.7 Å². The summed E-state index contributed by atoms with van der Waals surface area (Å²) in [4.78, 5) is 24.7. The fraction of sp³-hybridized carbons (Fsp3) is 0.545. The number of fused-ring (bicyclic) bond motifs is 1. The molecular weight excluding hydrogens is 387 g/mol. The number of carbonyl (C=O) groups excluding carboxylic acids is 2. The molecule has 2 rings (SSSR count). The lowest BCUT2D eigenvalue weighted by atomic mass is 10.1. The predicted molar refractivity (Wildman–Crippen MR) is 115 cm³/mol. The summed E-state index contributed by atoms with van der Waals surface area (Å²) in [5.74, 6) is -0.607. The van der Waals surface area contributed by atoms with Crippen LogP contribution in [-0.2, 0) is 16.0 Å². The van der Waals surface area contributed by atoms with Crippen molar-refractivity contribution in [3.8, 4) is 5.75 Å². The van der Waals surface area contributed by atoms with Gasteiger partial charge in [-0.1, -0.05) is 32.1 Å². The van der Waals surface area contributed by atoms with Gasteiger partial charge in [-0.05, 0) is 37.8 Å². The molecule has 1 aromatic carbocycles. The lowest BCUT2D eigenvalue weighted by molar-refractivity contribution is -0.128. The van der Waals surface area contributed by atoms with Crippen LogP contribution in [0.25, 0.3) is 0 Å². The van der Waals surface area contributed by atoms with E-state index >= 15 is 0 Å². The molecule has 0 fully saturated rings. The quantitative estimate of drug-likeness (QED) is 0.584. The van der Waals surface area contributed by atoms with E-state index in [1.807, 2.05) is 19.9 Å². The van der Waals surface area contributed by atoms with Gasteiger partial charge in [0.1, 0.15) is 12.6 Å². The van der Waals surface area contributed by atoms with Crippen molar-refractivity contribution in [1.82, 2.24) is 21.3 Å². The number of amides is 2. The summed E-state index contributed by atoms with van der Waals surface area (Å²) in [6.07, 6.45) is 2.53. The highest BCUT2D eigenvalue weighted by molar-refractivity contribution is 5.88. The monoisotopic (exact) mass is 420 g/mol. The smallest absolute Gasteiger partial charge is 0.242 e. The summed E-state index contributed by atoms with van der Waals surface area (Å²) in [5.41, 5.74) is 1.41. The lowest BCUT2D eigenvalue weighted by Gasteiger charge is -2.21. The molecule has 1 unspecified atom stereocenters. The maximum absolute atomic E-state index is 14.3. The van der Waals surface area contributed by atoms with Gasteiger partial charge < -0.3 is 26.0 Å². The van der Waals surface area contributed by atoms with Gasteiger partial charge in [-0.3, -0.25) is 9.59 Å². The molecule has 0 radical (unpaired) electrons. The van der Waals surface area contributed by atoms with Crippen LogP contribution >= 0.6 is 0 Å². The Morgan fingerprint density at radius 3 is 2.80 bits per heavy atom.